The second-order valence-electron chi connectivity index (χ2n) is 4.66. The fourth-order valence-corrected chi connectivity index (χ4v) is 1.61. The van der Waals surface area contributed by atoms with E-state index in [1.807, 2.05) is 0 Å². The number of aromatic hydroxyl groups is 1. The topological polar surface area (TPSA) is 49.3 Å². The van der Waals surface area contributed by atoms with E-state index in [1.165, 1.54) is 25.0 Å². The van der Waals surface area contributed by atoms with Gasteiger partial charge in [0.1, 0.15) is 5.75 Å². The molecular formula is C12H14ClNO2. The zero-order valence-electron chi connectivity index (χ0n) is 9.09. The van der Waals surface area contributed by atoms with Gasteiger partial charge in [-0.3, -0.25) is 4.79 Å². The smallest absolute Gasteiger partial charge is 0.251 e. The van der Waals surface area contributed by atoms with Gasteiger partial charge in [-0.1, -0.05) is 18.5 Å². The van der Waals surface area contributed by atoms with Crippen LogP contribution in [0.3, 0.4) is 0 Å². The minimum Gasteiger partial charge on any atom is -0.506 e. The zero-order chi connectivity index (χ0) is 11.8. The lowest BCUT2D eigenvalue weighted by Crippen LogP contribution is -2.28. The molecule has 0 unspecified atom stereocenters. The number of nitrogens with one attached hydrogen (secondary N) is 1. The molecule has 0 bridgehead atoms. The molecule has 0 spiro atoms. The predicted octanol–water partition coefficient (Wildman–Crippen LogP) is 2.58. The van der Waals surface area contributed by atoms with Crippen LogP contribution in [-0.2, 0) is 0 Å². The van der Waals surface area contributed by atoms with Gasteiger partial charge >= 0.3 is 0 Å². The quantitative estimate of drug-likeness (QED) is 0.852. The van der Waals surface area contributed by atoms with E-state index in [4.69, 9.17) is 11.6 Å². The molecule has 3 nitrogen and oxygen atoms in total. The van der Waals surface area contributed by atoms with Gasteiger partial charge in [-0.15, -0.1) is 0 Å². The summed E-state index contributed by atoms with van der Waals surface area (Å²) in [4.78, 5) is 11.7. The number of benzene rings is 1. The Balaban J connectivity index is 2.00. The van der Waals surface area contributed by atoms with E-state index in [0.29, 0.717) is 12.1 Å². The minimum atomic E-state index is -0.143. The highest BCUT2D eigenvalue weighted by Crippen LogP contribution is 2.44. The van der Waals surface area contributed by atoms with Crippen molar-refractivity contribution in [1.82, 2.24) is 5.32 Å². The van der Waals surface area contributed by atoms with Crippen molar-refractivity contribution in [2.24, 2.45) is 5.41 Å². The summed E-state index contributed by atoms with van der Waals surface area (Å²) in [5, 5.41) is 12.3. The Kier molecular flexibility index (Phi) is 2.80. The first-order chi connectivity index (χ1) is 7.50. The van der Waals surface area contributed by atoms with Gasteiger partial charge in [0.25, 0.3) is 5.91 Å². The molecule has 2 N–H and O–H groups in total. The van der Waals surface area contributed by atoms with Crippen LogP contribution >= 0.6 is 11.6 Å². The average Bonchev–Trinajstić information content (AvgIpc) is 2.98. The molecular weight excluding hydrogens is 226 g/mol. The first-order valence-electron chi connectivity index (χ1n) is 5.27. The first kappa shape index (κ1) is 11.3. The van der Waals surface area contributed by atoms with E-state index in [-0.39, 0.29) is 22.1 Å². The summed E-state index contributed by atoms with van der Waals surface area (Å²) >= 11 is 5.73. The Bertz CT molecular complexity index is 427. The van der Waals surface area contributed by atoms with Crippen LogP contribution in [-0.4, -0.2) is 17.6 Å². The van der Waals surface area contributed by atoms with Gasteiger partial charge in [-0.05, 0) is 36.5 Å². The molecule has 0 heterocycles. The van der Waals surface area contributed by atoms with Crippen LogP contribution in [0.15, 0.2) is 18.2 Å². The normalized spacial score (nSPS) is 16.9. The lowest BCUT2D eigenvalue weighted by Gasteiger charge is -2.10. The third kappa shape index (κ3) is 2.47. The number of phenols is 1. The van der Waals surface area contributed by atoms with E-state index < -0.39 is 0 Å². The van der Waals surface area contributed by atoms with Crippen molar-refractivity contribution >= 4 is 17.5 Å². The van der Waals surface area contributed by atoms with Gasteiger partial charge in [0, 0.05) is 12.1 Å². The summed E-state index contributed by atoms with van der Waals surface area (Å²) in [5.41, 5.74) is 0.767. The van der Waals surface area contributed by atoms with Gasteiger partial charge in [-0.2, -0.15) is 0 Å². The zero-order valence-corrected chi connectivity index (χ0v) is 9.84. The van der Waals surface area contributed by atoms with Gasteiger partial charge in [0.15, 0.2) is 0 Å². The van der Waals surface area contributed by atoms with Gasteiger partial charge < -0.3 is 10.4 Å². The van der Waals surface area contributed by atoms with E-state index in [9.17, 15) is 9.90 Å². The summed E-state index contributed by atoms with van der Waals surface area (Å²) in [6.45, 7) is 2.85. The predicted molar refractivity (Wildman–Crippen MR) is 62.8 cm³/mol. The molecule has 1 aromatic carbocycles. The molecule has 1 amide bonds. The second-order valence-corrected chi connectivity index (χ2v) is 5.07. The Labute approximate surface area is 99.4 Å². The summed E-state index contributed by atoms with van der Waals surface area (Å²) in [7, 11) is 0. The Hall–Kier alpha value is -1.22. The van der Waals surface area contributed by atoms with Gasteiger partial charge in [0.2, 0.25) is 0 Å². The van der Waals surface area contributed by atoms with Crippen LogP contribution in [0.4, 0.5) is 0 Å². The second kappa shape index (κ2) is 3.98. The van der Waals surface area contributed by atoms with E-state index in [2.05, 4.69) is 12.2 Å². The van der Waals surface area contributed by atoms with Crippen molar-refractivity contribution in [3.8, 4) is 5.75 Å². The number of rotatable bonds is 3. The molecule has 86 valence electrons. The number of carbonyl (C=O) groups is 1. The fourth-order valence-electron chi connectivity index (χ4n) is 1.43. The van der Waals surface area contributed by atoms with E-state index in [0.717, 1.165) is 0 Å². The molecule has 0 atom stereocenters. The molecule has 0 aliphatic heterocycles. The molecule has 16 heavy (non-hydrogen) atoms. The van der Waals surface area contributed by atoms with E-state index >= 15 is 0 Å². The van der Waals surface area contributed by atoms with Crippen LogP contribution in [0, 0.1) is 5.41 Å². The number of carbonyl (C=O) groups excluding carboxylic acids is 1. The summed E-state index contributed by atoms with van der Waals surface area (Å²) < 4.78 is 0. The molecule has 2 rings (SSSR count). The lowest BCUT2D eigenvalue weighted by molar-refractivity contribution is 0.0946. The number of phenolic OH excluding ortho intramolecular Hbond substituents is 1. The maximum Gasteiger partial charge on any atom is 0.251 e. The highest BCUT2D eigenvalue weighted by Gasteiger charge is 2.37. The summed E-state index contributed by atoms with van der Waals surface area (Å²) in [6, 6.07) is 4.46. The summed E-state index contributed by atoms with van der Waals surface area (Å²) in [6.07, 6.45) is 2.34. The van der Waals surface area contributed by atoms with Crippen LogP contribution in [0.25, 0.3) is 0 Å². The molecule has 1 fully saturated rings. The molecule has 1 aliphatic rings. The monoisotopic (exact) mass is 239 g/mol. The van der Waals surface area contributed by atoms with E-state index in [1.54, 1.807) is 6.07 Å². The van der Waals surface area contributed by atoms with Crippen molar-refractivity contribution in [2.75, 3.05) is 6.54 Å². The van der Waals surface area contributed by atoms with Crippen molar-refractivity contribution in [3.05, 3.63) is 28.8 Å². The van der Waals surface area contributed by atoms with Crippen molar-refractivity contribution in [2.45, 2.75) is 19.8 Å². The van der Waals surface area contributed by atoms with Crippen molar-refractivity contribution in [1.29, 1.82) is 0 Å². The first-order valence-corrected chi connectivity index (χ1v) is 5.65. The standard InChI is InChI=1S/C12H14ClNO2/c1-12(4-5-12)7-14-11(16)8-2-3-10(15)9(13)6-8/h2-3,6,15H,4-5,7H2,1H3,(H,14,16). The highest BCUT2D eigenvalue weighted by molar-refractivity contribution is 6.32. The highest BCUT2D eigenvalue weighted by atomic mass is 35.5. The van der Waals surface area contributed by atoms with Crippen molar-refractivity contribution < 1.29 is 9.90 Å². The molecule has 1 saturated carbocycles. The third-order valence-corrected chi connectivity index (χ3v) is 3.29. The lowest BCUT2D eigenvalue weighted by atomic mass is 10.1. The third-order valence-electron chi connectivity index (χ3n) is 2.99. The number of hydrogen-bond acceptors (Lipinski definition) is 2. The fraction of sp³-hybridized carbons (Fsp3) is 0.417. The molecule has 1 aliphatic carbocycles. The Morgan fingerprint density at radius 2 is 2.25 bits per heavy atom. The molecule has 4 heteroatoms. The SMILES string of the molecule is CC1(CNC(=O)c2ccc(O)c(Cl)c2)CC1. The molecule has 1 aromatic rings. The molecule has 0 aromatic heterocycles. The minimum absolute atomic E-state index is 0.00706. The van der Waals surface area contributed by atoms with Gasteiger partial charge in [0.05, 0.1) is 5.02 Å². The van der Waals surface area contributed by atoms with Crippen LogP contribution < -0.4 is 5.32 Å². The summed E-state index contributed by atoms with van der Waals surface area (Å²) in [5.74, 6) is -0.151. The molecule has 0 radical (unpaired) electrons. The van der Waals surface area contributed by atoms with Crippen LogP contribution in [0.2, 0.25) is 5.02 Å². The Morgan fingerprint density at radius 1 is 1.56 bits per heavy atom. The van der Waals surface area contributed by atoms with Gasteiger partial charge in [-0.25, -0.2) is 0 Å². The maximum absolute atomic E-state index is 11.7. The van der Waals surface area contributed by atoms with Crippen molar-refractivity contribution in [3.63, 3.8) is 0 Å². The largest absolute Gasteiger partial charge is 0.506 e. The van der Waals surface area contributed by atoms with Crippen LogP contribution in [0.1, 0.15) is 30.1 Å². The number of amides is 1. The number of halogens is 1. The maximum atomic E-state index is 11.7. The molecule has 0 saturated heterocycles. The van der Waals surface area contributed by atoms with Crippen LogP contribution in [0.5, 0.6) is 5.75 Å². The Morgan fingerprint density at radius 3 is 2.81 bits per heavy atom. The number of hydrogen-bond donors (Lipinski definition) is 2. The average molecular weight is 240 g/mol.